The van der Waals surface area contributed by atoms with Crippen LogP contribution in [0.4, 0.5) is 5.69 Å². The lowest BCUT2D eigenvalue weighted by Crippen LogP contribution is -1.99. The zero-order valence-corrected chi connectivity index (χ0v) is 71.1. The van der Waals surface area contributed by atoms with Crippen molar-refractivity contribution in [3.63, 3.8) is 0 Å². The smallest absolute Gasteiger partial charge is 0.268 e. The molecule has 0 amide bonds. The molecule has 0 fully saturated rings. The predicted octanol–water partition coefficient (Wildman–Crippen LogP) is 24.8. The molecule has 1 N–H and O–H groups in total. The van der Waals surface area contributed by atoms with Gasteiger partial charge in [-0.15, -0.1) is 71.4 Å². The van der Waals surface area contributed by atoms with Crippen LogP contribution in [0.25, 0.3) is 85.0 Å². The number of aromatic nitrogens is 14. The Labute approximate surface area is 717 Å². The molecule has 0 aliphatic heterocycles. The Kier molecular flexibility index (Phi) is 33.2. The van der Waals surface area contributed by atoms with E-state index in [9.17, 15) is 0 Å². The molecule has 7 aromatic carbocycles. The van der Waals surface area contributed by atoms with Gasteiger partial charge in [-0.2, -0.15) is 0 Å². The van der Waals surface area contributed by atoms with E-state index >= 15 is 0 Å². The van der Waals surface area contributed by atoms with E-state index in [4.69, 9.17) is 205 Å². The molecule has 7 heterocycles. The Morgan fingerprint density at radius 3 is 0.991 bits per heavy atom. The summed E-state index contributed by atoms with van der Waals surface area (Å²) < 4.78 is 29.5. The Morgan fingerprint density at radius 1 is 0.361 bits per heavy atom. The van der Waals surface area contributed by atoms with Crippen LogP contribution in [0.3, 0.4) is 0 Å². The Balaban J connectivity index is 0.000000159. The second kappa shape index (κ2) is 40.9. The van der Waals surface area contributed by atoms with Crippen molar-refractivity contribution in [1.82, 2.24) is 71.4 Å². The van der Waals surface area contributed by atoms with E-state index in [1.807, 2.05) is 153 Å². The van der Waals surface area contributed by atoms with Gasteiger partial charge in [0.15, 0.2) is 10.5 Å². The first kappa shape index (κ1) is 87.5. The number of halogens is 18. The van der Waals surface area contributed by atoms with Gasteiger partial charge in [0, 0.05) is 38.9 Å². The molecule has 23 nitrogen and oxygen atoms in total. The van der Waals surface area contributed by atoms with E-state index in [1.54, 1.807) is 48.5 Å². The van der Waals surface area contributed by atoms with Crippen LogP contribution in [0, 0.1) is 20.4 Å². The highest BCUT2D eigenvalue weighted by Crippen LogP contribution is 2.45. The van der Waals surface area contributed by atoms with Gasteiger partial charge in [-0.3, -0.25) is 0 Å². The van der Waals surface area contributed by atoms with Crippen LogP contribution in [-0.4, -0.2) is 76.5 Å². The molecule has 560 valence electrons. The predicted molar refractivity (Wildman–Crippen MR) is 432 cm³/mol. The summed E-state index contributed by atoms with van der Waals surface area (Å²) in [7, 11) is 0. The van der Waals surface area contributed by atoms with Gasteiger partial charge in [0.2, 0.25) is 55.2 Å². The Bertz CT molecular complexity index is 5110. The Morgan fingerprint density at radius 2 is 0.676 bits per heavy atom. The van der Waals surface area contributed by atoms with Crippen LogP contribution in [-0.2, 0) is 29.2 Å². The highest BCUT2D eigenvalue weighted by Gasteiger charge is 2.34. The molecular formula is C67H43Br4Cl14N15O8. The van der Waals surface area contributed by atoms with Crippen molar-refractivity contribution in [1.29, 1.82) is 0 Å². The zero-order chi connectivity index (χ0) is 78.4. The van der Waals surface area contributed by atoms with E-state index in [2.05, 4.69) is 140 Å². The lowest BCUT2D eigenvalue weighted by molar-refractivity contribution is 0.282. The molecule has 0 spiro atoms. The fraction of sp³-hybridized carbons (Fsp3) is 0.149. The Hall–Kier alpha value is -6.05. The van der Waals surface area contributed by atoms with Crippen LogP contribution in [0.1, 0.15) is 62.8 Å². The minimum atomic E-state index is -1.73. The van der Waals surface area contributed by atoms with Crippen molar-refractivity contribution >= 4 is 232 Å². The molecule has 0 aliphatic rings. The summed E-state index contributed by atoms with van der Waals surface area (Å²) >= 11 is 91.6. The summed E-state index contributed by atoms with van der Waals surface area (Å²) in [6, 6.07) is 57.5. The minimum absolute atomic E-state index is 0.0243. The molecule has 0 unspecified atom stereocenters. The summed E-state index contributed by atoms with van der Waals surface area (Å²) in [6.45, 7) is 10.8. The lowest BCUT2D eigenvalue weighted by Gasteiger charge is -2.03. The minimum Gasteiger partial charge on any atom is -0.420 e. The number of hydrogen-bond donors (Lipinski definition) is 1. The van der Waals surface area contributed by atoms with Crippen LogP contribution >= 0.6 is 226 Å². The molecule has 41 heteroatoms. The van der Waals surface area contributed by atoms with Gasteiger partial charge in [-0.05, 0) is 140 Å². The average molecular weight is 2000 g/mol. The van der Waals surface area contributed by atoms with Crippen molar-refractivity contribution in [2.75, 3.05) is 0 Å². The van der Waals surface area contributed by atoms with Gasteiger partial charge in [-0.25, -0.2) is 4.85 Å². The quantitative estimate of drug-likeness (QED) is 0.0982. The lowest BCUT2D eigenvalue weighted by atomic mass is 10.1. The highest BCUT2D eigenvalue weighted by atomic mass is 80.0. The van der Waals surface area contributed by atoms with Crippen molar-refractivity contribution in [3.8, 4) is 80.2 Å². The number of aliphatic hydroxyl groups is 1. The second-order valence-electron chi connectivity index (χ2n) is 20.8. The first-order valence-corrected chi connectivity index (χ1v) is 38.6. The summed E-state index contributed by atoms with van der Waals surface area (Å²) in [5.41, 5.74) is 9.22. The number of aryl methyl sites for hydroxylation is 2. The van der Waals surface area contributed by atoms with E-state index < -0.39 is 22.1 Å². The van der Waals surface area contributed by atoms with Crippen LogP contribution in [0.15, 0.2) is 219 Å². The zero-order valence-electron chi connectivity index (χ0n) is 54.2. The van der Waals surface area contributed by atoms with Gasteiger partial charge >= 0.3 is 0 Å². The van der Waals surface area contributed by atoms with Crippen molar-refractivity contribution < 1.29 is 36.0 Å². The van der Waals surface area contributed by atoms with Crippen LogP contribution in [0.2, 0.25) is 0 Å². The van der Waals surface area contributed by atoms with Gasteiger partial charge < -0.3 is 36.0 Å². The number of alkyl halides is 18. The molecule has 0 radical (unpaired) electrons. The van der Waals surface area contributed by atoms with E-state index in [0.29, 0.717) is 63.4 Å². The first-order valence-electron chi connectivity index (χ1n) is 29.7. The SMILES string of the molecule is BrCc1nnc(-c2ccccc2)o1.Cc1ccc(-c2nnc(C(Br)(Br)Br)o2)cc1.Cc1cccc(-c2nnc(C(Cl)(Cl)Cl)o2)c1.ClC(Cl)(Cl)c1nnc(-c2ccccc2)o1.ClC(Cl)c1nnc(-c2ccccc2)o1.OCc1ccc(-c2nnc(C(Cl)(Cl)Cl)o2)cc1.[C-]#[N+]c1ccc(-c2nnc(C(Cl)(Cl)Cl)o2)cc1. The molecule has 0 saturated carbocycles. The molecule has 14 aromatic rings. The number of aliphatic hydroxyl groups excluding tert-OH is 1. The van der Waals surface area contributed by atoms with E-state index in [-0.39, 0.29) is 47.8 Å². The summed E-state index contributed by atoms with van der Waals surface area (Å²) in [5, 5.41) is 62.4. The first-order chi connectivity index (χ1) is 51.2. The van der Waals surface area contributed by atoms with Crippen molar-refractivity contribution in [3.05, 3.63) is 257 Å². The van der Waals surface area contributed by atoms with Gasteiger partial charge in [0.05, 0.1) is 18.5 Å². The maximum atomic E-state index is 8.91. The summed E-state index contributed by atoms with van der Waals surface area (Å²) in [5.74, 6) is 3.64. The number of benzene rings is 7. The largest absolute Gasteiger partial charge is 0.420 e. The molecule has 0 atom stereocenters. The van der Waals surface area contributed by atoms with Gasteiger partial charge in [-0.1, -0.05) is 305 Å². The summed E-state index contributed by atoms with van der Waals surface area (Å²) in [6.07, 6.45) is 0. The topological polar surface area (TPSA) is 297 Å². The maximum Gasteiger partial charge on any atom is 0.268 e. The molecule has 108 heavy (non-hydrogen) atoms. The van der Waals surface area contributed by atoms with Crippen LogP contribution in [0.5, 0.6) is 0 Å². The summed E-state index contributed by atoms with van der Waals surface area (Å²) in [4.78, 5) is 2.49. The highest BCUT2D eigenvalue weighted by molar-refractivity contribution is 9.38. The second-order valence-corrected chi connectivity index (χ2v) is 38.3. The molecule has 0 bridgehead atoms. The number of hydrogen-bond acceptors (Lipinski definition) is 22. The third-order valence-corrected chi connectivity index (χ3v) is 16.6. The third kappa shape index (κ3) is 27.4. The maximum absolute atomic E-state index is 8.91. The monoisotopic (exact) mass is 1990 g/mol. The molecular weight excluding hydrogens is 1960 g/mol. The molecule has 14 rings (SSSR count). The van der Waals surface area contributed by atoms with Crippen LogP contribution < -0.4 is 0 Å². The van der Waals surface area contributed by atoms with Gasteiger partial charge in [0.25, 0.3) is 44.6 Å². The number of rotatable bonds is 10. The number of nitrogens with zero attached hydrogens (tertiary/aromatic N) is 15. The third-order valence-electron chi connectivity index (χ3n) is 12.8. The molecule has 7 aromatic heterocycles. The average Bonchev–Trinajstić information content (AvgIpc) is 1.69. The molecule has 0 saturated heterocycles. The van der Waals surface area contributed by atoms with E-state index in [1.165, 1.54) is 5.56 Å². The van der Waals surface area contributed by atoms with Crippen molar-refractivity contribution in [2.24, 2.45) is 0 Å². The van der Waals surface area contributed by atoms with Crippen molar-refractivity contribution in [2.45, 2.75) is 47.9 Å². The normalized spacial score (nSPS) is 11.3. The fourth-order valence-corrected chi connectivity index (χ4v) is 9.58. The van der Waals surface area contributed by atoms with Gasteiger partial charge in [0.1, 0.15) is 0 Å². The molecule has 0 aliphatic carbocycles. The fourth-order valence-electron chi connectivity index (χ4n) is 7.78. The standard InChI is InChI=1S/C10H7Br3N2O.C10H4Cl3N3O.C10H7Cl3N2O2.C10H7Cl3N2O.C9H7BrN2O.C9H5Cl3N2O.C9H6Cl2N2O/c1-6-2-4-7(5-3-6)8-14-15-9(16-8)10(11,12)13;1-14-7-4-2-6(3-5-7)8-15-16-9(17-8)10(11,12)13;11-10(12,13)9-15-14-8(17-9)7-3-1-6(5-16)2-4-7;1-6-3-2-4-7(5-6)8-14-15-9(16-8)10(11,12)13;10-6-8-11-12-9(13-8)7-4-2-1-3-5-7;10-9(11,12)8-14-13-7(15-8)6-4-2-1-3-5-6;10-7(11)9-13-12-8(14-9)6-4-2-1-3-5-6/h2-5H,1H3;2-5H;1-4,16H,5H2;2-5H,1H3;1-5H,6H2;1-5H;1-5,7H. The van der Waals surface area contributed by atoms with E-state index in [0.717, 1.165) is 38.9 Å².